The molecule has 96 valence electrons. The van der Waals surface area contributed by atoms with Gasteiger partial charge < -0.3 is 15.2 Å². The minimum absolute atomic E-state index is 0.181. The van der Waals surface area contributed by atoms with Gasteiger partial charge in [-0.15, -0.1) is 0 Å². The second kappa shape index (κ2) is 7.19. The van der Waals surface area contributed by atoms with Crippen LogP contribution in [0.1, 0.15) is 18.6 Å². The van der Waals surface area contributed by atoms with E-state index in [2.05, 4.69) is 5.32 Å². The predicted molar refractivity (Wildman–Crippen MR) is 70.8 cm³/mol. The van der Waals surface area contributed by atoms with E-state index in [-0.39, 0.29) is 6.04 Å². The second-order valence-corrected chi connectivity index (χ2v) is 4.79. The molecule has 0 aliphatic carbocycles. The molecule has 0 fully saturated rings. The molecule has 1 aromatic carbocycles. The van der Waals surface area contributed by atoms with E-state index in [4.69, 9.17) is 27.9 Å². The van der Waals surface area contributed by atoms with Crippen LogP contribution in [0.4, 0.5) is 0 Å². The highest BCUT2D eigenvalue weighted by Crippen LogP contribution is 2.25. The molecule has 1 aromatic rings. The zero-order chi connectivity index (χ0) is 12.8. The maximum absolute atomic E-state index is 9.98. The number of rotatable bonds is 6. The van der Waals surface area contributed by atoms with Crippen LogP contribution >= 0.6 is 23.2 Å². The van der Waals surface area contributed by atoms with Gasteiger partial charge in [0.05, 0.1) is 12.7 Å². The average Bonchev–Trinajstić information content (AvgIpc) is 2.26. The van der Waals surface area contributed by atoms with Crippen LogP contribution in [0, 0.1) is 0 Å². The molecule has 0 saturated heterocycles. The normalized spacial score (nSPS) is 14.6. The van der Waals surface area contributed by atoms with Crippen LogP contribution in [0.5, 0.6) is 0 Å². The molecule has 3 nitrogen and oxygen atoms in total. The highest BCUT2D eigenvalue weighted by Gasteiger charge is 2.12. The Morgan fingerprint density at radius 3 is 2.71 bits per heavy atom. The van der Waals surface area contributed by atoms with Gasteiger partial charge >= 0.3 is 0 Å². The molecule has 2 atom stereocenters. The lowest BCUT2D eigenvalue weighted by Crippen LogP contribution is -2.33. The van der Waals surface area contributed by atoms with Crippen LogP contribution in [0.25, 0.3) is 0 Å². The summed E-state index contributed by atoms with van der Waals surface area (Å²) in [4.78, 5) is 0. The summed E-state index contributed by atoms with van der Waals surface area (Å²) in [6.45, 7) is 3.01. The van der Waals surface area contributed by atoms with Crippen LogP contribution in [0.2, 0.25) is 10.0 Å². The van der Waals surface area contributed by atoms with Crippen molar-refractivity contribution < 1.29 is 9.84 Å². The number of methoxy groups -OCH3 is 1. The van der Waals surface area contributed by atoms with Crippen molar-refractivity contribution in [2.45, 2.75) is 19.1 Å². The van der Waals surface area contributed by atoms with Gasteiger partial charge in [-0.2, -0.15) is 0 Å². The first-order valence-electron chi connectivity index (χ1n) is 5.40. The van der Waals surface area contributed by atoms with Crippen molar-refractivity contribution >= 4 is 23.2 Å². The van der Waals surface area contributed by atoms with E-state index in [1.807, 2.05) is 6.92 Å². The Labute approximate surface area is 112 Å². The van der Waals surface area contributed by atoms with Crippen molar-refractivity contribution in [1.29, 1.82) is 0 Å². The Morgan fingerprint density at radius 2 is 2.12 bits per heavy atom. The first-order valence-corrected chi connectivity index (χ1v) is 6.15. The first kappa shape index (κ1) is 14.7. The molecule has 0 heterocycles. The molecular formula is C12H17Cl2NO2. The molecule has 0 saturated carbocycles. The van der Waals surface area contributed by atoms with Crippen LogP contribution in [-0.2, 0) is 4.74 Å². The van der Waals surface area contributed by atoms with Crippen molar-refractivity contribution in [3.63, 3.8) is 0 Å². The van der Waals surface area contributed by atoms with Crippen LogP contribution in [-0.4, -0.2) is 31.4 Å². The number of aliphatic hydroxyl groups is 1. The standard InChI is InChI=1S/C12H17Cl2NO2/c1-8(7-17-2)15-6-12(16)10-4-3-9(13)5-11(10)14/h3-5,8,12,15-16H,6-7H2,1-2H3. The Kier molecular flexibility index (Phi) is 6.23. The summed E-state index contributed by atoms with van der Waals surface area (Å²) in [5.74, 6) is 0. The highest BCUT2D eigenvalue weighted by molar-refractivity contribution is 6.35. The molecular weight excluding hydrogens is 261 g/mol. The number of hydrogen-bond acceptors (Lipinski definition) is 3. The molecule has 0 bridgehead atoms. The van der Waals surface area contributed by atoms with Gasteiger partial charge in [-0.3, -0.25) is 0 Å². The number of nitrogens with one attached hydrogen (secondary N) is 1. The largest absolute Gasteiger partial charge is 0.387 e. The van der Waals surface area contributed by atoms with Crippen molar-refractivity contribution in [3.05, 3.63) is 33.8 Å². The Hall–Kier alpha value is -0.320. The number of halogens is 2. The lowest BCUT2D eigenvalue weighted by Gasteiger charge is -2.17. The fourth-order valence-electron chi connectivity index (χ4n) is 1.50. The lowest BCUT2D eigenvalue weighted by molar-refractivity contribution is 0.143. The molecule has 0 aromatic heterocycles. The maximum atomic E-state index is 9.98. The van der Waals surface area contributed by atoms with Gasteiger partial charge in [0.2, 0.25) is 0 Å². The molecule has 0 spiro atoms. The molecule has 0 amide bonds. The third-order valence-electron chi connectivity index (χ3n) is 2.40. The van der Waals surface area contributed by atoms with E-state index in [1.54, 1.807) is 25.3 Å². The first-order chi connectivity index (χ1) is 8.04. The Bertz CT molecular complexity index is 360. The van der Waals surface area contributed by atoms with Crippen LogP contribution < -0.4 is 5.32 Å². The lowest BCUT2D eigenvalue weighted by atomic mass is 10.1. The van der Waals surface area contributed by atoms with Gasteiger partial charge in [-0.25, -0.2) is 0 Å². The summed E-state index contributed by atoms with van der Waals surface area (Å²) in [6.07, 6.45) is -0.654. The van der Waals surface area contributed by atoms with Crippen molar-refractivity contribution in [2.75, 3.05) is 20.3 Å². The predicted octanol–water partition coefficient (Wildman–Crippen LogP) is 2.65. The summed E-state index contributed by atoms with van der Waals surface area (Å²) < 4.78 is 4.99. The van der Waals surface area contributed by atoms with Crippen molar-refractivity contribution in [3.8, 4) is 0 Å². The average molecular weight is 278 g/mol. The minimum Gasteiger partial charge on any atom is -0.387 e. The van der Waals surface area contributed by atoms with Gasteiger partial charge in [0.1, 0.15) is 0 Å². The van der Waals surface area contributed by atoms with Gasteiger partial charge in [-0.05, 0) is 19.1 Å². The monoisotopic (exact) mass is 277 g/mol. The molecule has 5 heteroatoms. The van der Waals surface area contributed by atoms with Gasteiger partial charge in [-0.1, -0.05) is 29.3 Å². The van der Waals surface area contributed by atoms with E-state index in [0.29, 0.717) is 28.8 Å². The quantitative estimate of drug-likeness (QED) is 0.840. The molecule has 1 rings (SSSR count). The molecule has 0 radical (unpaired) electrons. The maximum Gasteiger partial charge on any atom is 0.0928 e. The van der Waals surface area contributed by atoms with Crippen LogP contribution in [0.3, 0.4) is 0 Å². The van der Waals surface area contributed by atoms with Crippen molar-refractivity contribution in [1.82, 2.24) is 5.32 Å². The second-order valence-electron chi connectivity index (χ2n) is 3.95. The summed E-state index contributed by atoms with van der Waals surface area (Å²) in [5.41, 5.74) is 0.674. The number of aliphatic hydroxyl groups excluding tert-OH is 1. The SMILES string of the molecule is COCC(C)NCC(O)c1ccc(Cl)cc1Cl. The summed E-state index contributed by atoms with van der Waals surface area (Å²) in [5, 5.41) is 14.2. The Balaban J connectivity index is 2.54. The number of benzene rings is 1. The van der Waals surface area contributed by atoms with E-state index in [0.717, 1.165) is 0 Å². The molecule has 2 unspecified atom stereocenters. The van der Waals surface area contributed by atoms with Gasteiger partial charge in [0.25, 0.3) is 0 Å². The van der Waals surface area contributed by atoms with E-state index >= 15 is 0 Å². The third-order valence-corrected chi connectivity index (χ3v) is 2.96. The zero-order valence-electron chi connectivity index (χ0n) is 9.91. The minimum atomic E-state index is -0.654. The van der Waals surface area contributed by atoms with E-state index < -0.39 is 6.10 Å². The molecule has 0 aliphatic heterocycles. The van der Waals surface area contributed by atoms with Gasteiger partial charge in [0, 0.05) is 35.3 Å². The fraction of sp³-hybridized carbons (Fsp3) is 0.500. The highest BCUT2D eigenvalue weighted by atomic mass is 35.5. The van der Waals surface area contributed by atoms with Crippen LogP contribution in [0.15, 0.2) is 18.2 Å². The topological polar surface area (TPSA) is 41.5 Å². The number of ether oxygens (including phenoxy) is 1. The molecule has 2 N–H and O–H groups in total. The fourth-order valence-corrected chi connectivity index (χ4v) is 2.04. The Morgan fingerprint density at radius 1 is 1.41 bits per heavy atom. The van der Waals surface area contributed by atoms with Gasteiger partial charge in [0.15, 0.2) is 0 Å². The summed E-state index contributed by atoms with van der Waals surface area (Å²) >= 11 is 11.8. The van der Waals surface area contributed by atoms with E-state index in [1.165, 1.54) is 0 Å². The summed E-state index contributed by atoms with van der Waals surface area (Å²) in [7, 11) is 1.64. The smallest absolute Gasteiger partial charge is 0.0928 e. The van der Waals surface area contributed by atoms with E-state index in [9.17, 15) is 5.11 Å². The third kappa shape index (κ3) is 4.82. The zero-order valence-corrected chi connectivity index (χ0v) is 11.4. The molecule has 17 heavy (non-hydrogen) atoms. The molecule has 0 aliphatic rings. The van der Waals surface area contributed by atoms with Crippen molar-refractivity contribution in [2.24, 2.45) is 0 Å². The number of hydrogen-bond donors (Lipinski definition) is 2. The summed E-state index contributed by atoms with van der Waals surface area (Å²) in [6, 6.07) is 5.25.